The van der Waals surface area contributed by atoms with Crippen molar-refractivity contribution >= 4 is 35.5 Å². The van der Waals surface area contributed by atoms with Crippen molar-refractivity contribution in [1.29, 1.82) is 0 Å². The van der Waals surface area contributed by atoms with E-state index in [4.69, 9.17) is 16.2 Å². The number of carbonyl (C=O) groups is 5. The molecular weight excluding hydrogens is 552 g/mol. The number of carboxylic acids is 1. The Morgan fingerprint density at radius 3 is 2.07 bits per heavy atom. The highest BCUT2D eigenvalue weighted by molar-refractivity contribution is 6.08. The van der Waals surface area contributed by atoms with Gasteiger partial charge in [-0.1, -0.05) is 18.2 Å². The molecule has 11 heteroatoms. The van der Waals surface area contributed by atoms with Gasteiger partial charge in [0.05, 0.1) is 0 Å². The molecule has 0 atom stereocenters. The first-order chi connectivity index (χ1) is 20.2. The average molecular weight is 589 g/mol. The van der Waals surface area contributed by atoms with E-state index in [1.807, 2.05) is 18.2 Å². The SMILES string of the molecule is CC(C)(C)OC(=O)NCc1cccc(C(=O)N(CC(=O)O)c2ccc(C(N)=O)cc2)c1.NC(=O)c1ccc2c(c1)CCC2. The van der Waals surface area contributed by atoms with Crippen LogP contribution in [-0.2, 0) is 28.9 Å². The summed E-state index contributed by atoms with van der Waals surface area (Å²) in [6, 6.07) is 18.0. The maximum atomic E-state index is 13.0. The van der Waals surface area contributed by atoms with Crippen LogP contribution in [0.1, 0.15) is 75.0 Å². The number of amides is 4. The molecule has 3 aromatic rings. The number of nitrogens with zero attached hydrogens (tertiary/aromatic N) is 1. The van der Waals surface area contributed by atoms with Crippen LogP contribution in [0.4, 0.5) is 10.5 Å². The van der Waals surface area contributed by atoms with Crippen LogP contribution >= 0.6 is 0 Å². The number of carboxylic acid groups (broad SMARTS) is 1. The molecule has 6 N–H and O–H groups in total. The van der Waals surface area contributed by atoms with Gasteiger partial charge in [-0.2, -0.15) is 0 Å². The molecule has 1 aliphatic rings. The zero-order chi connectivity index (χ0) is 31.7. The Morgan fingerprint density at radius 2 is 1.47 bits per heavy atom. The summed E-state index contributed by atoms with van der Waals surface area (Å²) in [7, 11) is 0. The number of anilines is 1. The van der Waals surface area contributed by atoms with Crippen LogP contribution in [0.2, 0.25) is 0 Å². The molecule has 4 amide bonds. The molecule has 0 spiro atoms. The first-order valence-corrected chi connectivity index (χ1v) is 13.6. The number of rotatable bonds is 8. The van der Waals surface area contributed by atoms with Crippen molar-refractivity contribution in [3.05, 3.63) is 100 Å². The van der Waals surface area contributed by atoms with Crippen molar-refractivity contribution in [1.82, 2.24) is 5.32 Å². The van der Waals surface area contributed by atoms with E-state index in [-0.39, 0.29) is 23.6 Å². The second kappa shape index (κ2) is 14.1. The molecule has 0 saturated heterocycles. The minimum absolute atomic E-state index is 0.127. The molecule has 11 nitrogen and oxygen atoms in total. The number of aliphatic carboxylic acids is 1. The maximum absolute atomic E-state index is 13.0. The van der Waals surface area contributed by atoms with Crippen LogP contribution in [0.3, 0.4) is 0 Å². The van der Waals surface area contributed by atoms with Gasteiger partial charge in [0.15, 0.2) is 0 Å². The molecule has 0 aliphatic heterocycles. The van der Waals surface area contributed by atoms with E-state index in [9.17, 15) is 29.1 Å². The quantitative estimate of drug-likeness (QED) is 0.308. The highest BCUT2D eigenvalue weighted by atomic mass is 16.6. The Hall–Kier alpha value is -5.19. The monoisotopic (exact) mass is 588 g/mol. The number of nitrogens with one attached hydrogen (secondary N) is 1. The molecule has 0 aromatic heterocycles. The van der Waals surface area contributed by atoms with Crippen LogP contribution in [0.25, 0.3) is 0 Å². The van der Waals surface area contributed by atoms with Crippen LogP contribution in [-0.4, -0.2) is 47.0 Å². The van der Waals surface area contributed by atoms with E-state index in [0.29, 0.717) is 16.8 Å². The summed E-state index contributed by atoms with van der Waals surface area (Å²) in [6.45, 7) is 4.80. The molecule has 0 saturated carbocycles. The fourth-order valence-electron chi connectivity index (χ4n) is 4.40. The topological polar surface area (TPSA) is 182 Å². The van der Waals surface area contributed by atoms with E-state index < -0.39 is 36.0 Å². The first-order valence-electron chi connectivity index (χ1n) is 13.6. The molecule has 226 valence electrons. The molecule has 0 bridgehead atoms. The van der Waals surface area contributed by atoms with E-state index in [1.54, 1.807) is 45.0 Å². The van der Waals surface area contributed by atoms with Gasteiger partial charge in [-0.25, -0.2) is 4.79 Å². The largest absolute Gasteiger partial charge is 0.480 e. The summed E-state index contributed by atoms with van der Waals surface area (Å²) < 4.78 is 5.18. The second-order valence-corrected chi connectivity index (χ2v) is 11.0. The van der Waals surface area contributed by atoms with E-state index in [1.165, 1.54) is 41.8 Å². The summed E-state index contributed by atoms with van der Waals surface area (Å²) in [4.78, 5) is 59.3. The lowest BCUT2D eigenvalue weighted by atomic mass is 10.1. The Morgan fingerprint density at radius 1 is 0.837 bits per heavy atom. The summed E-state index contributed by atoms with van der Waals surface area (Å²) in [5, 5.41) is 11.9. The van der Waals surface area contributed by atoms with E-state index >= 15 is 0 Å². The van der Waals surface area contributed by atoms with Gasteiger partial charge >= 0.3 is 12.1 Å². The fourth-order valence-corrected chi connectivity index (χ4v) is 4.40. The molecule has 0 unspecified atom stereocenters. The molecule has 0 fully saturated rings. The standard InChI is InChI=1S/C22H25N3O6.C10H11NO/c1-22(2,3)31-21(30)24-12-14-5-4-6-16(11-14)20(29)25(13-18(26)27)17-9-7-15(8-10-17)19(23)28;11-10(12)9-5-4-7-2-1-3-8(7)6-9/h4-11H,12-13H2,1-3H3,(H2,23,28)(H,24,30)(H,26,27);4-6H,1-3H2,(H2,11,12). The van der Waals surface area contributed by atoms with Gasteiger partial charge in [-0.3, -0.25) is 24.1 Å². The number of carbonyl (C=O) groups excluding carboxylic acids is 4. The third kappa shape index (κ3) is 9.70. The summed E-state index contributed by atoms with van der Waals surface area (Å²) in [5.74, 6) is -2.71. The fraction of sp³-hybridized carbons (Fsp3) is 0.281. The van der Waals surface area contributed by atoms with Gasteiger partial charge in [0.2, 0.25) is 11.8 Å². The minimum atomic E-state index is -1.20. The van der Waals surface area contributed by atoms with Crippen LogP contribution in [0, 0.1) is 0 Å². The zero-order valence-corrected chi connectivity index (χ0v) is 24.4. The third-order valence-electron chi connectivity index (χ3n) is 6.39. The van der Waals surface area contributed by atoms with E-state index in [0.717, 1.165) is 17.7 Å². The molecule has 0 radical (unpaired) electrons. The number of benzene rings is 3. The highest BCUT2D eigenvalue weighted by Gasteiger charge is 2.22. The summed E-state index contributed by atoms with van der Waals surface area (Å²) in [5.41, 5.74) is 14.5. The Balaban J connectivity index is 0.000000347. The van der Waals surface area contributed by atoms with Gasteiger partial charge < -0.3 is 26.6 Å². The molecule has 43 heavy (non-hydrogen) atoms. The van der Waals surface area contributed by atoms with Crippen molar-refractivity contribution < 1.29 is 33.8 Å². The lowest BCUT2D eigenvalue weighted by Crippen LogP contribution is -2.36. The van der Waals surface area contributed by atoms with Gasteiger partial charge in [-0.15, -0.1) is 0 Å². The predicted octanol–water partition coefficient (Wildman–Crippen LogP) is 3.82. The minimum Gasteiger partial charge on any atom is -0.480 e. The van der Waals surface area contributed by atoms with Crippen molar-refractivity contribution in [2.45, 2.75) is 52.2 Å². The maximum Gasteiger partial charge on any atom is 0.407 e. The van der Waals surface area contributed by atoms with Crippen LogP contribution in [0.5, 0.6) is 0 Å². The number of nitrogens with two attached hydrogens (primary N) is 2. The molecule has 0 heterocycles. The smallest absolute Gasteiger partial charge is 0.407 e. The van der Waals surface area contributed by atoms with Crippen molar-refractivity contribution in [3.8, 4) is 0 Å². The van der Waals surface area contributed by atoms with Crippen molar-refractivity contribution in [2.75, 3.05) is 11.4 Å². The summed E-state index contributed by atoms with van der Waals surface area (Å²) >= 11 is 0. The van der Waals surface area contributed by atoms with Gasteiger partial charge in [0.25, 0.3) is 5.91 Å². The average Bonchev–Trinajstić information content (AvgIpc) is 3.42. The molecule has 4 rings (SSSR count). The number of fused-ring (bicyclic) bond motifs is 1. The highest BCUT2D eigenvalue weighted by Crippen LogP contribution is 2.22. The van der Waals surface area contributed by atoms with Gasteiger partial charge in [0.1, 0.15) is 12.1 Å². The Bertz CT molecular complexity index is 1510. The van der Waals surface area contributed by atoms with Crippen LogP contribution in [0.15, 0.2) is 66.7 Å². The lowest BCUT2D eigenvalue weighted by molar-refractivity contribution is -0.135. The second-order valence-electron chi connectivity index (χ2n) is 11.0. The first kappa shape index (κ1) is 32.3. The van der Waals surface area contributed by atoms with Gasteiger partial charge in [0, 0.05) is 28.9 Å². The Kier molecular flexibility index (Phi) is 10.6. The van der Waals surface area contributed by atoms with Crippen molar-refractivity contribution in [2.24, 2.45) is 11.5 Å². The summed E-state index contributed by atoms with van der Waals surface area (Å²) in [6.07, 6.45) is 2.86. The third-order valence-corrected chi connectivity index (χ3v) is 6.39. The predicted molar refractivity (Wildman–Crippen MR) is 161 cm³/mol. The van der Waals surface area contributed by atoms with Crippen LogP contribution < -0.4 is 21.7 Å². The normalized spacial score (nSPS) is 11.8. The number of alkyl carbamates (subject to hydrolysis) is 1. The molecule has 3 aromatic carbocycles. The number of ether oxygens (including phenoxy) is 1. The van der Waals surface area contributed by atoms with E-state index in [2.05, 4.69) is 5.32 Å². The van der Waals surface area contributed by atoms with Crippen molar-refractivity contribution in [3.63, 3.8) is 0 Å². The number of aryl methyl sites for hydroxylation is 2. The Labute approximate surface area is 249 Å². The van der Waals surface area contributed by atoms with Gasteiger partial charge in [-0.05, 0) is 105 Å². The number of hydrogen-bond acceptors (Lipinski definition) is 6. The molecule has 1 aliphatic carbocycles. The lowest BCUT2D eigenvalue weighted by Gasteiger charge is -2.22. The zero-order valence-electron chi connectivity index (χ0n) is 24.4. The molecular formula is C32H36N4O7. The number of primary amides is 2. The number of hydrogen-bond donors (Lipinski definition) is 4.